The summed E-state index contributed by atoms with van der Waals surface area (Å²) in [4.78, 5) is 13.3. The highest BCUT2D eigenvalue weighted by Gasteiger charge is 2.47. The van der Waals surface area contributed by atoms with E-state index in [0.29, 0.717) is 19.4 Å². The molecule has 6 heteroatoms. The number of nitrogens with two attached hydrogens (primary N) is 1. The van der Waals surface area contributed by atoms with E-state index in [1.54, 1.807) is 0 Å². The number of carbonyl (C=O) groups excluding carboxylic acids is 1. The molecule has 88 valence electrons. The summed E-state index contributed by atoms with van der Waals surface area (Å²) in [6, 6.07) is 0. The van der Waals surface area contributed by atoms with Crippen molar-refractivity contribution in [2.45, 2.75) is 25.3 Å². The Morgan fingerprint density at radius 2 is 2.00 bits per heavy atom. The van der Waals surface area contributed by atoms with Crippen molar-refractivity contribution >= 4 is 15.7 Å². The minimum atomic E-state index is -3.02. The molecule has 0 aromatic carbocycles. The molecule has 0 aromatic rings. The van der Waals surface area contributed by atoms with E-state index in [1.807, 2.05) is 6.92 Å². The molecule has 0 heterocycles. The number of likely N-dealkylation sites (N-methyl/N-ethyl adjacent to an activating group) is 1. The first-order valence-corrected chi connectivity index (χ1v) is 7.10. The van der Waals surface area contributed by atoms with Gasteiger partial charge < -0.3 is 10.6 Å². The van der Waals surface area contributed by atoms with Gasteiger partial charge in [0.1, 0.15) is 9.84 Å². The highest BCUT2D eigenvalue weighted by atomic mass is 32.2. The first-order valence-electron chi connectivity index (χ1n) is 5.04. The predicted molar refractivity (Wildman–Crippen MR) is 58.1 cm³/mol. The van der Waals surface area contributed by atoms with Gasteiger partial charge in [-0.3, -0.25) is 4.79 Å². The van der Waals surface area contributed by atoms with Crippen molar-refractivity contribution in [2.75, 3.05) is 25.1 Å². The molecule has 1 fully saturated rings. The highest BCUT2D eigenvalue weighted by molar-refractivity contribution is 7.90. The highest BCUT2D eigenvalue weighted by Crippen LogP contribution is 2.33. The van der Waals surface area contributed by atoms with Crippen LogP contribution in [0.2, 0.25) is 0 Å². The van der Waals surface area contributed by atoms with Gasteiger partial charge in [-0.25, -0.2) is 8.42 Å². The summed E-state index contributed by atoms with van der Waals surface area (Å²) in [6.45, 7) is 2.58. The van der Waals surface area contributed by atoms with E-state index in [9.17, 15) is 13.2 Å². The zero-order valence-electron chi connectivity index (χ0n) is 9.19. The van der Waals surface area contributed by atoms with Crippen molar-refractivity contribution in [2.24, 2.45) is 5.73 Å². The second-order valence-corrected chi connectivity index (χ2v) is 6.43. The number of carbonyl (C=O) groups is 1. The summed E-state index contributed by atoms with van der Waals surface area (Å²) < 4.78 is 21.9. The van der Waals surface area contributed by atoms with Gasteiger partial charge in [-0.15, -0.1) is 0 Å². The van der Waals surface area contributed by atoms with Gasteiger partial charge in [0.15, 0.2) is 0 Å². The normalized spacial score (nSPS) is 18.6. The summed E-state index contributed by atoms with van der Waals surface area (Å²) >= 11 is 0. The molecule has 1 amide bonds. The van der Waals surface area contributed by atoms with Crippen molar-refractivity contribution in [1.82, 2.24) is 4.90 Å². The van der Waals surface area contributed by atoms with Crippen LogP contribution in [0, 0.1) is 0 Å². The molecule has 1 rings (SSSR count). The number of hydrogen-bond acceptors (Lipinski definition) is 4. The summed E-state index contributed by atoms with van der Waals surface area (Å²) in [6.07, 6.45) is 2.59. The third-order valence-corrected chi connectivity index (χ3v) is 3.54. The fraction of sp³-hybridized carbons (Fsp3) is 0.889. The standard InChI is InChI=1S/C9H18N2O3S/c1-3-11(6-7-15(2,13)14)8(12)9(10)4-5-9/h3-7,10H2,1-2H3. The molecule has 1 saturated carbocycles. The van der Waals surface area contributed by atoms with Crippen molar-refractivity contribution in [3.05, 3.63) is 0 Å². The van der Waals surface area contributed by atoms with E-state index >= 15 is 0 Å². The molecule has 0 radical (unpaired) electrons. The van der Waals surface area contributed by atoms with E-state index in [4.69, 9.17) is 5.73 Å². The minimum absolute atomic E-state index is 0.00264. The van der Waals surface area contributed by atoms with Crippen LogP contribution >= 0.6 is 0 Å². The second kappa shape index (κ2) is 4.09. The van der Waals surface area contributed by atoms with Gasteiger partial charge in [-0.2, -0.15) is 0 Å². The van der Waals surface area contributed by atoms with Crippen LogP contribution in [0.15, 0.2) is 0 Å². The molecule has 1 aliphatic rings. The van der Waals surface area contributed by atoms with E-state index in [-0.39, 0.29) is 18.2 Å². The van der Waals surface area contributed by atoms with Crippen LogP contribution in [0.25, 0.3) is 0 Å². The average Bonchev–Trinajstić information content (AvgIpc) is 2.84. The lowest BCUT2D eigenvalue weighted by Crippen LogP contribution is -2.47. The molecule has 0 aromatic heterocycles. The van der Waals surface area contributed by atoms with Crippen LogP contribution in [0.5, 0.6) is 0 Å². The smallest absolute Gasteiger partial charge is 0.242 e. The van der Waals surface area contributed by atoms with Crippen molar-refractivity contribution in [3.8, 4) is 0 Å². The van der Waals surface area contributed by atoms with Crippen LogP contribution < -0.4 is 5.73 Å². The van der Waals surface area contributed by atoms with Gasteiger partial charge in [0, 0.05) is 19.3 Å². The lowest BCUT2D eigenvalue weighted by atomic mass is 10.2. The van der Waals surface area contributed by atoms with Crippen LogP contribution in [0.1, 0.15) is 19.8 Å². The SMILES string of the molecule is CCN(CCS(C)(=O)=O)C(=O)C1(N)CC1. The Morgan fingerprint density at radius 1 is 1.47 bits per heavy atom. The lowest BCUT2D eigenvalue weighted by Gasteiger charge is -2.23. The molecular weight excluding hydrogens is 216 g/mol. The summed E-state index contributed by atoms with van der Waals surface area (Å²) in [5.41, 5.74) is 5.06. The maximum absolute atomic E-state index is 11.8. The summed E-state index contributed by atoms with van der Waals surface area (Å²) in [5, 5.41) is 0. The summed E-state index contributed by atoms with van der Waals surface area (Å²) in [7, 11) is -3.02. The third kappa shape index (κ3) is 3.46. The lowest BCUT2D eigenvalue weighted by molar-refractivity contribution is -0.133. The Bertz CT molecular complexity index is 346. The predicted octanol–water partition coefficient (Wildman–Crippen LogP) is -0.629. The first-order chi connectivity index (χ1) is 6.78. The fourth-order valence-electron chi connectivity index (χ4n) is 1.34. The molecule has 5 nitrogen and oxygen atoms in total. The Balaban J connectivity index is 2.53. The molecule has 1 aliphatic carbocycles. The third-order valence-electron chi connectivity index (χ3n) is 2.62. The summed E-state index contributed by atoms with van der Waals surface area (Å²) in [5.74, 6) is -0.114. The largest absolute Gasteiger partial charge is 0.340 e. The molecule has 0 bridgehead atoms. The number of nitrogens with zero attached hydrogens (tertiary/aromatic N) is 1. The molecule has 2 N–H and O–H groups in total. The topological polar surface area (TPSA) is 80.5 Å². The van der Waals surface area contributed by atoms with Crippen LogP contribution in [0.4, 0.5) is 0 Å². The maximum atomic E-state index is 11.8. The molecular formula is C9H18N2O3S. The van der Waals surface area contributed by atoms with E-state index < -0.39 is 15.4 Å². The molecule has 0 spiro atoms. The zero-order chi connectivity index (χ0) is 11.7. The molecule has 0 atom stereocenters. The van der Waals surface area contributed by atoms with Gasteiger partial charge in [0.25, 0.3) is 0 Å². The van der Waals surface area contributed by atoms with Crippen molar-refractivity contribution in [3.63, 3.8) is 0 Å². The molecule has 0 saturated heterocycles. The van der Waals surface area contributed by atoms with Crippen molar-refractivity contribution < 1.29 is 13.2 Å². The Labute approximate surface area is 90.5 Å². The monoisotopic (exact) mass is 234 g/mol. The van der Waals surface area contributed by atoms with Gasteiger partial charge in [-0.1, -0.05) is 0 Å². The fourth-order valence-corrected chi connectivity index (χ4v) is 1.89. The van der Waals surface area contributed by atoms with E-state index in [0.717, 1.165) is 0 Å². The van der Waals surface area contributed by atoms with Crippen LogP contribution in [-0.2, 0) is 14.6 Å². The Kier molecular flexibility index (Phi) is 3.40. The first kappa shape index (κ1) is 12.4. The maximum Gasteiger partial charge on any atom is 0.242 e. The number of amides is 1. The molecule has 0 unspecified atom stereocenters. The van der Waals surface area contributed by atoms with E-state index in [1.165, 1.54) is 11.2 Å². The number of sulfone groups is 1. The van der Waals surface area contributed by atoms with Gasteiger partial charge >= 0.3 is 0 Å². The van der Waals surface area contributed by atoms with Gasteiger partial charge in [-0.05, 0) is 19.8 Å². The quantitative estimate of drug-likeness (QED) is 0.687. The second-order valence-electron chi connectivity index (χ2n) is 4.17. The number of hydrogen-bond donors (Lipinski definition) is 1. The van der Waals surface area contributed by atoms with Crippen LogP contribution in [-0.4, -0.2) is 49.9 Å². The average molecular weight is 234 g/mol. The Hall–Kier alpha value is -0.620. The Morgan fingerprint density at radius 3 is 2.33 bits per heavy atom. The zero-order valence-corrected chi connectivity index (χ0v) is 10.0. The van der Waals surface area contributed by atoms with Gasteiger partial charge in [0.2, 0.25) is 5.91 Å². The minimum Gasteiger partial charge on any atom is -0.340 e. The van der Waals surface area contributed by atoms with Crippen LogP contribution in [0.3, 0.4) is 0 Å². The van der Waals surface area contributed by atoms with Gasteiger partial charge in [0.05, 0.1) is 11.3 Å². The number of rotatable bonds is 5. The molecule has 0 aliphatic heterocycles. The van der Waals surface area contributed by atoms with Crippen molar-refractivity contribution in [1.29, 1.82) is 0 Å². The molecule has 15 heavy (non-hydrogen) atoms. The van der Waals surface area contributed by atoms with E-state index in [2.05, 4.69) is 0 Å².